The van der Waals surface area contributed by atoms with E-state index in [9.17, 15) is 9.59 Å². The minimum absolute atomic E-state index is 0.0593. The number of carbonyl (C=O) groups excluding carboxylic acids is 1. The fourth-order valence-corrected chi connectivity index (χ4v) is 2.95. The molecule has 150 valence electrons. The quantitative estimate of drug-likeness (QED) is 0.605. The molecule has 1 unspecified atom stereocenters. The first-order valence-electron chi connectivity index (χ1n) is 9.02. The van der Waals surface area contributed by atoms with Gasteiger partial charge in [0.15, 0.2) is 0 Å². The average molecular weight is 380 g/mol. The van der Waals surface area contributed by atoms with E-state index < -0.39 is 5.97 Å². The molecule has 1 amide bonds. The number of carbonyl (C=O) groups is 2. The summed E-state index contributed by atoms with van der Waals surface area (Å²) < 4.78 is 16.3. The summed E-state index contributed by atoms with van der Waals surface area (Å²) in [7, 11) is 3.37. The van der Waals surface area contributed by atoms with Gasteiger partial charge in [-0.05, 0) is 25.2 Å². The molecule has 8 heteroatoms. The molecular weight excluding hydrogens is 352 g/mol. The molecule has 0 radical (unpaired) electrons. The molecule has 0 saturated carbocycles. The first kappa shape index (κ1) is 21.1. The van der Waals surface area contributed by atoms with Gasteiger partial charge < -0.3 is 24.2 Å². The molecule has 1 aromatic carbocycles. The van der Waals surface area contributed by atoms with Crippen LogP contribution in [0.5, 0.6) is 5.75 Å². The second-order valence-corrected chi connectivity index (χ2v) is 6.56. The molecule has 1 fully saturated rings. The van der Waals surface area contributed by atoms with Crippen LogP contribution >= 0.6 is 0 Å². The Bertz CT molecular complexity index is 624. The Hall–Kier alpha value is -2.16. The molecule has 27 heavy (non-hydrogen) atoms. The molecule has 2 rings (SSSR count). The molecule has 1 aliphatic rings. The van der Waals surface area contributed by atoms with Crippen LogP contribution in [0.2, 0.25) is 0 Å². The lowest BCUT2D eigenvalue weighted by atomic mass is 10.1. The highest BCUT2D eigenvalue weighted by atomic mass is 16.5. The standard InChI is InChI=1S/C19H28N2O6/c1-20(14-18(22)23)12-17-13-21(7-10-27-17)19(24)15-5-3-6-16(11-15)26-9-4-8-25-2/h3,5-6,11,17H,4,7-10,12-14H2,1-2H3,(H,22,23). The van der Waals surface area contributed by atoms with Crippen molar-refractivity contribution in [1.82, 2.24) is 9.80 Å². The highest BCUT2D eigenvalue weighted by molar-refractivity contribution is 5.94. The Morgan fingerprint density at radius 3 is 2.93 bits per heavy atom. The van der Waals surface area contributed by atoms with Crippen molar-refractivity contribution in [3.8, 4) is 5.75 Å². The van der Waals surface area contributed by atoms with Crippen LogP contribution in [0, 0.1) is 0 Å². The van der Waals surface area contributed by atoms with Gasteiger partial charge in [0.2, 0.25) is 0 Å². The number of nitrogens with zero attached hydrogens (tertiary/aromatic N) is 2. The molecule has 1 aliphatic heterocycles. The van der Waals surface area contributed by atoms with Crippen LogP contribution in [0.4, 0.5) is 0 Å². The SMILES string of the molecule is COCCCOc1cccc(C(=O)N2CCOC(CN(C)CC(=O)O)C2)c1. The van der Waals surface area contributed by atoms with Crippen LogP contribution in [0.15, 0.2) is 24.3 Å². The molecule has 0 aromatic heterocycles. The van der Waals surface area contributed by atoms with Crippen LogP contribution in [0.1, 0.15) is 16.8 Å². The smallest absolute Gasteiger partial charge is 0.317 e. The van der Waals surface area contributed by atoms with Gasteiger partial charge in [-0.2, -0.15) is 0 Å². The van der Waals surface area contributed by atoms with E-state index in [1.807, 2.05) is 6.07 Å². The molecule has 1 aromatic rings. The van der Waals surface area contributed by atoms with E-state index in [4.69, 9.17) is 19.3 Å². The van der Waals surface area contributed by atoms with Crippen molar-refractivity contribution in [2.45, 2.75) is 12.5 Å². The zero-order valence-corrected chi connectivity index (χ0v) is 15.9. The Morgan fingerprint density at radius 2 is 2.19 bits per heavy atom. The number of hydrogen-bond acceptors (Lipinski definition) is 6. The van der Waals surface area contributed by atoms with Gasteiger partial charge in [-0.3, -0.25) is 14.5 Å². The van der Waals surface area contributed by atoms with Crippen molar-refractivity contribution < 1.29 is 28.9 Å². The Kier molecular flexibility index (Phi) is 8.50. The summed E-state index contributed by atoms with van der Waals surface area (Å²) in [6.07, 6.45) is 0.574. The Morgan fingerprint density at radius 1 is 1.37 bits per heavy atom. The van der Waals surface area contributed by atoms with Gasteiger partial charge in [-0.25, -0.2) is 0 Å². The molecule has 0 bridgehead atoms. The number of morpholine rings is 1. The zero-order chi connectivity index (χ0) is 19.6. The predicted octanol–water partition coefficient (Wildman–Crippen LogP) is 0.959. The maximum absolute atomic E-state index is 12.8. The van der Waals surface area contributed by atoms with Gasteiger partial charge in [-0.1, -0.05) is 6.07 Å². The summed E-state index contributed by atoms with van der Waals surface area (Å²) in [6.45, 7) is 2.93. The summed E-state index contributed by atoms with van der Waals surface area (Å²) in [5.74, 6) is -0.307. The van der Waals surface area contributed by atoms with Crippen LogP contribution in [-0.2, 0) is 14.3 Å². The predicted molar refractivity (Wildman–Crippen MR) is 99.2 cm³/mol. The summed E-state index contributed by atoms with van der Waals surface area (Å²) in [6, 6.07) is 7.14. The van der Waals surface area contributed by atoms with Gasteiger partial charge in [0, 0.05) is 45.3 Å². The highest BCUT2D eigenvalue weighted by Crippen LogP contribution is 2.17. The summed E-state index contributed by atoms with van der Waals surface area (Å²) in [4.78, 5) is 27.0. The van der Waals surface area contributed by atoms with E-state index in [0.717, 1.165) is 6.42 Å². The molecule has 1 heterocycles. The van der Waals surface area contributed by atoms with Gasteiger partial charge >= 0.3 is 5.97 Å². The monoisotopic (exact) mass is 380 g/mol. The number of ether oxygens (including phenoxy) is 3. The van der Waals surface area contributed by atoms with Crippen LogP contribution in [0.25, 0.3) is 0 Å². The molecule has 1 atom stereocenters. The van der Waals surface area contributed by atoms with Gasteiger partial charge in [0.25, 0.3) is 5.91 Å². The minimum atomic E-state index is -0.886. The fraction of sp³-hybridized carbons (Fsp3) is 0.579. The Labute approximate surface area is 159 Å². The van der Waals surface area contributed by atoms with Crippen LogP contribution in [0.3, 0.4) is 0 Å². The molecule has 8 nitrogen and oxygen atoms in total. The number of amides is 1. The van der Waals surface area contributed by atoms with Crippen molar-refractivity contribution in [3.05, 3.63) is 29.8 Å². The molecule has 1 N–H and O–H groups in total. The van der Waals surface area contributed by atoms with E-state index in [1.165, 1.54) is 0 Å². The van der Waals surface area contributed by atoms with Gasteiger partial charge in [0.05, 0.1) is 25.9 Å². The van der Waals surface area contributed by atoms with Crippen molar-refractivity contribution in [3.63, 3.8) is 0 Å². The van der Waals surface area contributed by atoms with Crippen molar-refractivity contribution in [2.24, 2.45) is 0 Å². The van der Waals surface area contributed by atoms with E-state index in [1.54, 1.807) is 42.2 Å². The number of aliphatic carboxylic acids is 1. The van der Waals surface area contributed by atoms with Crippen LogP contribution < -0.4 is 4.74 Å². The third-order valence-corrected chi connectivity index (χ3v) is 4.19. The van der Waals surface area contributed by atoms with Gasteiger partial charge in [0.1, 0.15) is 5.75 Å². The number of hydrogen-bond donors (Lipinski definition) is 1. The van der Waals surface area contributed by atoms with E-state index in [2.05, 4.69) is 0 Å². The van der Waals surface area contributed by atoms with E-state index >= 15 is 0 Å². The number of likely N-dealkylation sites (N-methyl/N-ethyl adjacent to an activating group) is 1. The second-order valence-electron chi connectivity index (χ2n) is 6.56. The topological polar surface area (TPSA) is 88.5 Å². The van der Waals surface area contributed by atoms with Crippen LogP contribution in [-0.4, -0.2) is 93.0 Å². The van der Waals surface area contributed by atoms with Gasteiger partial charge in [-0.15, -0.1) is 0 Å². The summed E-state index contributed by atoms with van der Waals surface area (Å²) >= 11 is 0. The largest absolute Gasteiger partial charge is 0.493 e. The van der Waals surface area contributed by atoms with Crippen molar-refractivity contribution in [2.75, 3.05) is 60.2 Å². The first-order valence-corrected chi connectivity index (χ1v) is 9.02. The Balaban J connectivity index is 1.91. The third kappa shape index (κ3) is 7.16. The maximum atomic E-state index is 12.8. The number of methoxy groups -OCH3 is 1. The fourth-order valence-electron chi connectivity index (χ4n) is 2.95. The minimum Gasteiger partial charge on any atom is -0.493 e. The molecular formula is C19H28N2O6. The lowest BCUT2D eigenvalue weighted by Gasteiger charge is -2.34. The molecule has 1 saturated heterocycles. The highest BCUT2D eigenvalue weighted by Gasteiger charge is 2.26. The van der Waals surface area contributed by atoms with Crippen molar-refractivity contribution >= 4 is 11.9 Å². The normalized spacial score (nSPS) is 17.1. The summed E-state index contributed by atoms with van der Waals surface area (Å²) in [5.41, 5.74) is 0.568. The first-order chi connectivity index (χ1) is 13.0. The number of benzene rings is 1. The van der Waals surface area contributed by atoms with E-state index in [0.29, 0.717) is 50.8 Å². The lowest BCUT2D eigenvalue weighted by Crippen LogP contribution is -2.49. The maximum Gasteiger partial charge on any atom is 0.317 e. The third-order valence-electron chi connectivity index (χ3n) is 4.19. The number of carboxylic acids is 1. The average Bonchev–Trinajstić information content (AvgIpc) is 2.64. The second kappa shape index (κ2) is 10.9. The van der Waals surface area contributed by atoms with E-state index in [-0.39, 0.29) is 18.6 Å². The summed E-state index contributed by atoms with van der Waals surface area (Å²) in [5, 5.41) is 8.85. The molecule has 0 aliphatic carbocycles. The zero-order valence-electron chi connectivity index (χ0n) is 15.9. The number of rotatable bonds is 10. The lowest BCUT2D eigenvalue weighted by molar-refractivity contribution is -0.138. The number of carboxylic acid groups (broad SMARTS) is 1. The van der Waals surface area contributed by atoms with Crippen molar-refractivity contribution in [1.29, 1.82) is 0 Å². The molecule has 0 spiro atoms.